The van der Waals surface area contributed by atoms with Gasteiger partial charge in [-0.2, -0.15) is 0 Å². The maximum atomic E-state index is 13.6. The highest BCUT2D eigenvalue weighted by Gasteiger charge is 2.39. The maximum absolute atomic E-state index is 13.6. The second-order valence-corrected chi connectivity index (χ2v) is 9.29. The molecule has 0 bridgehead atoms. The van der Waals surface area contributed by atoms with Crippen LogP contribution in [-0.4, -0.2) is 30.4 Å². The summed E-state index contributed by atoms with van der Waals surface area (Å²) in [6.45, 7) is -0.235. The molecule has 2 unspecified atom stereocenters. The smallest absolute Gasteiger partial charge is 0.319 e. The molecule has 174 valence electrons. The number of nitrogens with zero attached hydrogens (tertiary/aromatic N) is 1. The van der Waals surface area contributed by atoms with E-state index in [-0.39, 0.29) is 18.4 Å². The van der Waals surface area contributed by atoms with Crippen molar-refractivity contribution in [2.75, 3.05) is 16.8 Å². The van der Waals surface area contributed by atoms with Crippen molar-refractivity contribution in [3.05, 3.63) is 59.1 Å². The number of halogens is 1. The number of carbonyl (C=O) groups excluding carboxylic acids is 3. The number of anilines is 2. The third kappa shape index (κ3) is 5.47. The molecule has 1 heterocycles. The largest absolute Gasteiger partial charge is 0.368 e. The van der Waals surface area contributed by atoms with Crippen LogP contribution in [0.1, 0.15) is 50.0 Å². The van der Waals surface area contributed by atoms with E-state index < -0.39 is 18.0 Å². The highest BCUT2D eigenvalue weighted by molar-refractivity contribution is 6.30. The molecular formula is C25H29ClN4O3. The highest BCUT2D eigenvalue weighted by atomic mass is 35.5. The summed E-state index contributed by atoms with van der Waals surface area (Å²) in [4.78, 5) is 39.6. The Morgan fingerprint density at radius 3 is 2.55 bits per heavy atom. The number of carbonyl (C=O) groups is 3. The highest BCUT2D eigenvalue weighted by Crippen LogP contribution is 2.44. The lowest BCUT2D eigenvalue weighted by Crippen LogP contribution is -2.51. The van der Waals surface area contributed by atoms with Gasteiger partial charge in [0.2, 0.25) is 11.8 Å². The van der Waals surface area contributed by atoms with Crippen LogP contribution in [0.25, 0.3) is 0 Å². The Morgan fingerprint density at radius 1 is 1.06 bits per heavy atom. The predicted octanol–water partition coefficient (Wildman–Crippen LogP) is 4.42. The van der Waals surface area contributed by atoms with Crippen LogP contribution in [0.4, 0.5) is 16.2 Å². The minimum Gasteiger partial charge on any atom is -0.368 e. The summed E-state index contributed by atoms with van der Waals surface area (Å²) in [5.41, 5.74) is 7.76. The Kier molecular flexibility index (Phi) is 7.18. The molecule has 0 spiro atoms. The molecule has 2 aliphatic rings. The number of amides is 4. The number of benzene rings is 2. The van der Waals surface area contributed by atoms with E-state index in [1.165, 1.54) is 11.3 Å². The van der Waals surface area contributed by atoms with Crippen molar-refractivity contribution in [3.8, 4) is 0 Å². The molecule has 2 aromatic carbocycles. The van der Waals surface area contributed by atoms with Gasteiger partial charge in [-0.1, -0.05) is 55.1 Å². The molecule has 4 N–H and O–H groups in total. The second kappa shape index (κ2) is 10.3. The lowest BCUT2D eigenvalue weighted by atomic mass is 9.74. The average molecular weight is 469 g/mol. The molecule has 7 nitrogen and oxygen atoms in total. The van der Waals surface area contributed by atoms with Crippen molar-refractivity contribution in [2.24, 2.45) is 11.7 Å². The van der Waals surface area contributed by atoms with Crippen LogP contribution in [0, 0.1) is 5.92 Å². The summed E-state index contributed by atoms with van der Waals surface area (Å²) in [6.07, 6.45) is 6.19. The zero-order valence-corrected chi connectivity index (χ0v) is 19.2. The van der Waals surface area contributed by atoms with Gasteiger partial charge in [0.05, 0.1) is 0 Å². The Hall–Kier alpha value is -3.06. The van der Waals surface area contributed by atoms with Gasteiger partial charge in [0.25, 0.3) is 0 Å². The standard InChI is InChI=1S/C25H29ClN4O3/c26-17-9-6-10-18(13-17)28-25(33)29-21-14-20(16-7-2-1-3-8-16)19-11-4-5-12-22(19)30(24(21)32)15-23(27)31/h4-6,9-13,16,20-21H,1-3,7-8,14-15H2,(H2,27,31)(H2,28,29,33). The van der Waals surface area contributed by atoms with Crippen molar-refractivity contribution in [2.45, 2.75) is 50.5 Å². The number of hydrogen-bond donors (Lipinski definition) is 3. The quantitative estimate of drug-likeness (QED) is 0.605. The van der Waals surface area contributed by atoms with E-state index in [4.69, 9.17) is 17.3 Å². The SMILES string of the molecule is NC(=O)CN1C(=O)C(NC(=O)Nc2cccc(Cl)c2)CC(C2CCCCC2)c2ccccc21. The molecule has 2 aromatic rings. The summed E-state index contributed by atoms with van der Waals surface area (Å²) in [6, 6.07) is 13.2. The predicted molar refractivity (Wildman–Crippen MR) is 129 cm³/mol. The van der Waals surface area contributed by atoms with Crippen molar-refractivity contribution >= 4 is 40.8 Å². The molecule has 2 atom stereocenters. The Labute approximate surface area is 198 Å². The third-order valence-electron chi connectivity index (χ3n) is 6.60. The van der Waals surface area contributed by atoms with Crippen molar-refractivity contribution in [3.63, 3.8) is 0 Å². The number of nitrogens with one attached hydrogen (secondary N) is 2. The van der Waals surface area contributed by atoms with Gasteiger partial charge in [-0.25, -0.2) is 4.79 Å². The summed E-state index contributed by atoms with van der Waals surface area (Å²) >= 11 is 6.01. The molecule has 0 radical (unpaired) electrons. The van der Waals surface area contributed by atoms with E-state index in [0.29, 0.717) is 28.7 Å². The minimum absolute atomic E-state index is 0.0970. The van der Waals surface area contributed by atoms with Gasteiger partial charge in [-0.15, -0.1) is 0 Å². The zero-order chi connectivity index (χ0) is 23.4. The summed E-state index contributed by atoms with van der Waals surface area (Å²) in [5.74, 6) is -0.418. The van der Waals surface area contributed by atoms with E-state index in [1.807, 2.05) is 24.3 Å². The Bertz CT molecular complexity index is 1040. The number of primary amides is 1. The molecule has 4 rings (SSSR count). The van der Waals surface area contributed by atoms with Gasteiger partial charge in [0.15, 0.2) is 0 Å². The monoisotopic (exact) mass is 468 g/mol. The molecule has 0 saturated heterocycles. The number of nitrogens with two attached hydrogens (primary N) is 1. The fourth-order valence-electron chi connectivity index (χ4n) is 5.15. The van der Waals surface area contributed by atoms with Crippen LogP contribution in [0.5, 0.6) is 0 Å². The molecule has 0 aromatic heterocycles. The fourth-order valence-corrected chi connectivity index (χ4v) is 5.34. The van der Waals surface area contributed by atoms with Crippen LogP contribution in [0.3, 0.4) is 0 Å². The first-order chi connectivity index (χ1) is 15.9. The molecular weight excluding hydrogens is 440 g/mol. The number of para-hydroxylation sites is 1. The third-order valence-corrected chi connectivity index (χ3v) is 6.84. The molecule has 1 aliphatic carbocycles. The maximum Gasteiger partial charge on any atom is 0.319 e. The fraction of sp³-hybridized carbons (Fsp3) is 0.400. The van der Waals surface area contributed by atoms with Gasteiger partial charge in [0, 0.05) is 16.4 Å². The first kappa shape index (κ1) is 23.1. The molecule has 1 aliphatic heterocycles. The zero-order valence-electron chi connectivity index (χ0n) is 18.4. The lowest BCUT2D eigenvalue weighted by molar-refractivity contribution is -0.123. The van der Waals surface area contributed by atoms with Crippen LogP contribution in [0.15, 0.2) is 48.5 Å². The van der Waals surface area contributed by atoms with Crippen LogP contribution in [-0.2, 0) is 9.59 Å². The van der Waals surface area contributed by atoms with Crippen LogP contribution < -0.4 is 21.3 Å². The number of fused-ring (bicyclic) bond motifs is 1. The Morgan fingerprint density at radius 2 is 1.82 bits per heavy atom. The molecule has 33 heavy (non-hydrogen) atoms. The topological polar surface area (TPSA) is 105 Å². The Balaban J connectivity index is 1.64. The lowest BCUT2D eigenvalue weighted by Gasteiger charge is -2.31. The minimum atomic E-state index is -0.789. The second-order valence-electron chi connectivity index (χ2n) is 8.85. The number of hydrogen-bond acceptors (Lipinski definition) is 3. The first-order valence-corrected chi connectivity index (χ1v) is 11.8. The van der Waals surface area contributed by atoms with Gasteiger partial charge >= 0.3 is 6.03 Å². The van der Waals surface area contributed by atoms with Gasteiger partial charge in [-0.05, 0) is 60.9 Å². The van der Waals surface area contributed by atoms with E-state index in [1.54, 1.807) is 24.3 Å². The van der Waals surface area contributed by atoms with Crippen LogP contribution in [0.2, 0.25) is 5.02 Å². The number of rotatable bonds is 5. The van der Waals surface area contributed by atoms with Gasteiger partial charge in [-0.3, -0.25) is 9.59 Å². The first-order valence-electron chi connectivity index (χ1n) is 11.4. The normalized spacial score (nSPS) is 21.1. The molecule has 1 saturated carbocycles. The van der Waals surface area contributed by atoms with Crippen molar-refractivity contribution in [1.29, 1.82) is 0 Å². The average Bonchev–Trinajstić information content (AvgIpc) is 2.90. The van der Waals surface area contributed by atoms with Crippen molar-refractivity contribution in [1.82, 2.24) is 5.32 Å². The van der Waals surface area contributed by atoms with Gasteiger partial charge in [0.1, 0.15) is 12.6 Å². The van der Waals surface area contributed by atoms with E-state index in [2.05, 4.69) is 10.6 Å². The summed E-state index contributed by atoms with van der Waals surface area (Å²) < 4.78 is 0. The summed E-state index contributed by atoms with van der Waals surface area (Å²) in [7, 11) is 0. The number of urea groups is 1. The van der Waals surface area contributed by atoms with Crippen LogP contribution >= 0.6 is 11.6 Å². The molecule has 4 amide bonds. The van der Waals surface area contributed by atoms with E-state index in [9.17, 15) is 14.4 Å². The summed E-state index contributed by atoms with van der Waals surface area (Å²) in [5, 5.41) is 6.09. The van der Waals surface area contributed by atoms with Crippen molar-refractivity contribution < 1.29 is 14.4 Å². The van der Waals surface area contributed by atoms with E-state index in [0.717, 1.165) is 31.2 Å². The molecule has 8 heteroatoms. The van der Waals surface area contributed by atoms with Gasteiger partial charge < -0.3 is 21.3 Å². The van der Waals surface area contributed by atoms with E-state index >= 15 is 0 Å². The molecule has 1 fully saturated rings.